The Morgan fingerprint density at radius 2 is 1.90 bits per heavy atom. The van der Waals surface area contributed by atoms with Gasteiger partial charge in [0.05, 0.1) is 29.3 Å². The predicted molar refractivity (Wildman–Crippen MR) is 145 cm³/mol. The zero-order chi connectivity index (χ0) is 27.6. The van der Waals surface area contributed by atoms with Gasteiger partial charge in [-0.15, -0.1) is 0 Å². The third-order valence-corrected chi connectivity index (χ3v) is 11.4. The van der Waals surface area contributed by atoms with E-state index in [4.69, 9.17) is 19.3 Å². The van der Waals surface area contributed by atoms with Crippen LogP contribution in [-0.2, 0) is 25.3 Å². The predicted octanol–water partition coefficient (Wildman–Crippen LogP) is 4.42. The highest BCUT2D eigenvalue weighted by Gasteiger charge is 2.73. The van der Waals surface area contributed by atoms with Crippen LogP contribution in [0.3, 0.4) is 0 Å². The Bertz CT molecular complexity index is 1180. The van der Waals surface area contributed by atoms with E-state index in [-0.39, 0.29) is 41.9 Å². The Kier molecular flexibility index (Phi) is 6.31. The number of hydrogen-bond donors (Lipinski definition) is 1. The number of fused-ring (bicyclic) bond motifs is 2. The molecule has 8 nitrogen and oxygen atoms in total. The number of rotatable bonds is 7. The van der Waals surface area contributed by atoms with Gasteiger partial charge in [0, 0.05) is 6.04 Å². The van der Waals surface area contributed by atoms with Crippen molar-refractivity contribution >= 4 is 19.1 Å². The zero-order valence-electron chi connectivity index (χ0n) is 23.6. The maximum Gasteiger partial charge on any atom is 0.482 e. The molecule has 1 unspecified atom stereocenters. The van der Waals surface area contributed by atoms with E-state index in [1.807, 2.05) is 41.3 Å². The Labute approximate surface area is 231 Å². The van der Waals surface area contributed by atoms with Crippen molar-refractivity contribution in [1.29, 1.82) is 5.26 Å². The van der Waals surface area contributed by atoms with Gasteiger partial charge in [0.1, 0.15) is 13.0 Å². The summed E-state index contributed by atoms with van der Waals surface area (Å²) in [5.41, 5.74) is 0.584. The monoisotopic (exact) mass is 533 g/mol. The van der Waals surface area contributed by atoms with Crippen LogP contribution in [0.1, 0.15) is 78.2 Å². The van der Waals surface area contributed by atoms with Gasteiger partial charge in [0.2, 0.25) is 5.91 Å². The van der Waals surface area contributed by atoms with Gasteiger partial charge in [-0.1, -0.05) is 51.1 Å². The first kappa shape index (κ1) is 26.6. The minimum Gasteiger partial charge on any atom is -0.447 e. The molecule has 3 saturated carbocycles. The van der Waals surface area contributed by atoms with Crippen molar-refractivity contribution < 1.29 is 23.6 Å². The fourth-order valence-corrected chi connectivity index (χ4v) is 8.66. The Morgan fingerprint density at radius 1 is 1.18 bits per heavy atom. The van der Waals surface area contributed by atoms with Crippen LogP contribution in [-0.4, -0.2) is 59.9 Å². The largest absolute Gasteiger partial charge is 0.482 e. The second-order valence-corrected chi connectivity index (χ2v) is 13.6. The summed E-state index contributed by atoms with van der Waals surface area (Å²) in [6, 6.07) is 12.2. The van der Waals surface area contributed by atoms with E-state index in [9.17, 15) is 9.59 Å². The molecule has 6 aliphatic rings. The summed E-state index contributed by atoms with van der Waals surface area (Å²) in [7, 11) is -0.583. The van der Waals surface area contributed by atoms with Crippen molar-refractivity contribution in [1.82, 2.24) is 10.2 Å². The summed E-state index contributed by atoms with van der Waals surface area (Å²) < 4.78 is 19.1. The molecule has 3 heterocycles. The molecule has 3 aliphatic heterocycles. The lowest BCUT2D eigenvalue weighted by Gasteiger charge is -2.70. The highest BCUT2D eigenvalue weighted by Crippen LogP contribution is 2.72. The van der Waals surface area contributed by atoms with E-state index in [2.05, 4.69) is 33.0 Å². The molecule has 7 rings (SSSR count). The third-order valence-electron chi connectivity index (χ3n) is 11.4. The lowest BCUT2D eigenvalue weighted by atomic mass is 9.36. The van der Waals surface area contributed by atoms with Gasteiger partial charge in [0.15, 0.2) is 0 Å². The van der Waals surface area contributed by atoms with Crippen LogP contribution in [0.15, 0.2) is 30.3 Å². The highest BCUT2D eigenvalue weighted by atomic mass is 16.7. The van der Waals surface area contributed by atoms with Crippen molar-refractivity contribution in [3.05, 3.63) is 35.9 Å². The van der Waals surface area contributed by atoms with E-state index in [0.717, 1.165) is 44.1 Å². The molecule has 0 aromatic heterocycles. The SMILES string of the molecule is CC12C[C@H]3OB([C@H](Cc4ccccc4)NC(=O)OCC45CCC(CC4)N5C(=O)CC#N)O[C@@]3(C)[C@@H](C1)C2(C)C. The summed E-state index contributed by atoms with van der Waals surface area (Å²) in [5.74, 6) is -0.192. The van der Waals surface area contributed by atoms with Crippen molar-refractivity contribution in [2.45, 2.75) is 108 Å². The third kappa shape index (κ3) is 4.09. The molecule has 208 valence electrons. The fraction of sp³-hybridized carbons (Fsp3) is 0.700. The van der Waals surface area contributed by atoms with Crippen molar-refractivity contribution in [3.63, 3.8) is 0 Å². The highest BCUT2D eigenvalue weighted by molar-refractivity contribution is 6.47. The fourth-order valence-electron chi connectivity index (χ4n) is 8.66. The van der Waals surface area contributed by atoms with Crippen LogP contribution in [0.2, 0.25) is 0 Å². The molecular weight excluding hydrogens is 493 g/mol. The van der Waals surface area contributed by atoms with Crippen molar-refractivity contribution in [3.8, 4) is 6.07 Å². The summed E-state index contributed by atoms with van der Waals surface area (Å²) in [4.78, 5) is 27.8. The molecule has 9 heteroatoms. The Balaban J connectivity index is 1.16. The number of ether oxygens (including phenoxy) is 1. The molecule has 5 atom stereocenters. The van der Waals surface area contributed by atoms with Crippen LogP contribution < -0.4 is 5.32 Å². The molecule has 39 heavy (non-hydrogen) atoms. The summed E-state index contributed by atoms with van der Waals surface area (Å²) in [6.45, 7) is 9.36. The summed E-state index contributed by atoms with van der Waals surface area (Å²) in [5, 5.41) is 12.1. The number of nitrogens with one attached hydrogen (secondary N) is 1. The van der Waals surface area contributed by atoms with Gasteiger partial charge in [-0.2, -0.15) is 5.26 Å². The van der Waals surface area contributed by atoms with Gasteiger partial charge in [-0.3, -0.25) is 4.79 Å². The average molecular weight is 533 g/mol. The number of hydrogen-bond acceptors (Lipinski definition) is 6. The Hall–Kier alpha value is -2.57. The first-order valence-corrected chi connectivity index (χ1v) is 14.5. The maximum absolute atomic E-state index is 13.3. The first-order valence-electron chi connectivity index (χ1n) is 14.5. The maximum atomic E-state index is 13.3. The van der Waals surface area contributed by atoms with Crippen LogP contribution in [0.25, 0.3) is 0 Å². The normalized spacial score (nSPS) is 38.0. The van der Waals surface area contributed by atoms with E-state index < -0.39 is 30.3 Å². The second kappa shape index (κ2) is 9.24. The number of carbonyl (C=O) groups excluding carboxylic acids is 2. The molecule has 6 fully saturated rings. The van der Waals surface area contributed by atoms with Gasteiger partial charge < -0.3 is 24.3 Å². The zero-order valence-corrected chi connectivity index (χ0v) is 23.6. The molecule has 0 spiro atoms. The molecule has 3 aliphatic carbocycles. The minimum absolute atomic E-state index is 0.0112. The summed E-state index contributed by atoms with van der Waals surface area (Å²) >= 11 is 0. The van der Waals surface area contributed by atoms with Gasteiger partial charge in [0.25, 0.3) is 0 Å². The van der Waals surface area contributed by atoms with Gasteiger partial charge in [-0.05, 0) is 74.2 Å². The van der Waals surface area contributed by atoms with Gasteiger partial charge in [-0.25, -0.2) is 4.79 Å². The van der Waals surface area contributed by atoms with Gasteiger partial charge >= 0.3 is 13.2 Å². The minimum atomic E-state index is -0.583. The van der Waals surface area contributed by atoms with Crippen LogP contribution in [0, 0.1) is 28.1 Å². The lowest BCUT2D eigenvalue weighted by Crippen LogP contribution is -2.70. The molecule has 3 saturated heterocycles. The van der Waals surface area contributed by atoms with Crippen LogP contribution in [0.4, 0.5) is 4.79 Å². The number of nitriles is 1. The van der Waals surface area contributed by atoms with Crippen molar-refractivity contribution in [2.75, 3.05) is 6.61 Å². The van der Waals surface area contributed by atoms with E-state index in [1.165, 1.54) is 0 Å². The number of benzene rings is 1. The van der Waals surface area contributed by atoms with E-state index >= 15 is 0 Å². The molecule has 1 N–H and O–H groups in total. The molecule has 4 bridgehead atoms. The average Bonchev–Trinajstić information content (AvgIpc) is 3.57. The first-order chi connectivity index (χ1) is 18.5. The molecule has 2 amide bonds. The smallest absolute Gasteiger partial charge is 0.447 e. The molecular formula is C30H40BN3O5. The lowest BCUT2D eigenvalue weighted by molar-refractivity contribution is -0.249. The standard InChI is InChI=1S/C30H40BN3O5/c1-27(2)22-17-28(27,3)18-23-29(22,4)39-31(38-23)24(16-20-8-6-5-7-9-20)33-26(36)37-19-30-13-10-21(11-14-30)34(30)25(35)12-15-32/h5-9,21-24H,10-14,16-19H2,1-4H3,(H,33,36)/t21?,22-,23+,24-,28?,29-,30?/m0/s1. The number of nitrogens with zero attached hydrogens (tertiary/aromatic N) is 2. The number of amides is 2. The topological polar surface area (TPSA) is 101 Å². The molecule has 0 radical (unpaired) electrons. The quantitative estimate of drug-likeness (QED) is 0.521. The number of alkyl carbamates (subject to hydrolysis) is 1. The van der Waals surface area contributed by atoms with Crippen LogP contribution in [0.5, 0.6) is 0 Å². The molecule has 1 aromatic carbocycles. The second-order valence-electron chi connectivity index (χ2n) is 13.6. The Morgan fingerprint density at radius 3 is 2.56 bits per heavy atom. The van der Waals surface area contributed by atoms with E-state index in [1.54, 1.807) is 0 Å². The number of carbonyl (C=O) groups is 2. The van der Waals surface area contributed by atoms with E-state index in [0.29, 0.717) is 12.3 Å². The molecule has 1 aromatic rings. The van der Waals surface area contributed by atoms with Crippen molar-refractivity contribution in [2.24, 2.45) is 16.7 Å². The van der Waals surface area contributed by atoms with Crippen LogP contribution >= 0.6 is 0 Å². The summed E-state index contributed by atoms with van der Waals surface area (Å²) in [6.07, 6.45) is 5.30.